The normalized spacial score (nSPS) is 14.3. The first-order valence-corrected chi connectivity index (χ1v) is 6.79. The van der Waals surface area contributed by atoms with Gasteiger partial charge in [0.1, 0.15) is 0 Å². The van der Waals surface area contributed by atoms with E-state index in [9.17, 15) is 0 Å². The first-order chi connectivity index (χ1) is 8.41. The van der Waals surface area contributed by atoms with E-state index in [1.165, 1.54) is 5.71 Å². The number of hydrogen-bond acceptors (Lipinski definition) is 2. The van der Waals surface area contributed by atoms with Crippen molar-refractivity contribution in [2.75, 3.05) is 5.73 Å². The number of rotatable bonds is 5. The average molecular weight is 246 g/mol. The zero-order chi connectivity index (χ0) is 13.7. The van der Waals surface area contributed by atoms with Crippen molar-refractivity contribution < 1.29 is 0 Å². The zero-order valence-corrected chi connectivity index (χ0v) is 12.3. The van der Waals surface area contributed by atoms with Gasteiger partial charge in [-0.05, 0) is 36.8 Å². The molecule has 0 radical (unpaired) electrons. The molecule has 2 nitrogen and oxygen atoms in total. The molecular formula is C16H26N2. The fourth-order valence-electron chi connectivity index (χ4n) is 2.24. The van der Waals surface area contributed by atoms with Crippen molar-refractivity contribution in [3.8, 4) is 0 Å². The van der Waals surface area contributed by atoms with E-state index in [2.05, 4.69) is 40.7 Å². The van der Waals surface area contributed by atoms with Crippen LogP contribution < -0.4 is 5.73 Å². The lowest BCUT2D eigenvalue weighted by Crippen LogP contribution is -2.10. The molecule has 1 unspecified atom stereocenters. The lowest BCUT2D eigenvalue weighted by Gasteiger charge is -2.20. The maximum Gasteiger partial charge on any atom is 0.0790 e. The average Bonchev–Trinajstić information content (AvgIpc) is 2.25. The number of hydrogen-bond donors (Lipinski definition) is 1. The van der Waals surface area contributed by atoms with Crippen LogP contribution in [0.5, 0.6) is 0 Å². The summed E-state index contributed by atoms with van der Waals surface area (Å²) in [4.78, 5) is 4.88. The van der Waals surface area contributed by atoms with E-state index in [1.54, 1.807) is 0 Å². The molecule has 0 saturated carbocycles. The Kier molecular flexibility index (Phi) is 5.39. The Labute approximate surface area is 111 Å². The Morgan fingerprint density at radius 2 is 1.78 bits per heavy atom. The summed E-state index contributed by atoms with van der Waals surface area (Å²) in [6.07, 6.45) is 1.05. The quantitative estimate of drug-likeness (QED) is 0.604. The van der Waals surface area contributed by atoms with Crippen molar-refractivity contribution in [2.24, 2.45) is 16.8 Å². The molecule has 0 bridgehead atoms. The minimum Gasteiger partial charge on any atom is -0.398 e. The first kappa shape index (κ1) is 14.7. The Hall–Kier alpha value is -1.31. The molecule has 1 atom stereocenters. The van der Waals surface area contributed by atoms with Crippen LogP contribution >= 0.6 is 0 Å². The van der Waals surface area contributed by atoms with Gasteiger partial charge in [-0.15, -0.1) is 0 Å². The molecule has 1 rings (SSSR count). The van der Waals surface area contributed by atoms with E-state index >= 15 is 0 Å². The molecule has 0 amide bonds. The highest BCUT2D eigenvalue weighted by atomic mass is 14.8. The molecule has 18 heavy (non-hydrogen) atoms. The Morgan fingerprint density at radius 3 is 2.28 bits per heavy atom. The van der Waals surface area contributed by atoms with Gasteiger partial charge in [0.05, 0.1) is 6.04 Å². The molecule has 2 heteroatoms. The number of benzene rings is 1. The monoisotopic (exact) mass is 246 g/mol. The van der Waals surface area contributed by atoms with Crippen LogP contribution in [0.2, 0.25) is 0 Å². The van der Waals surface area contributed by atoms with Crippen LogP contribution in [0.3, 0.4) is 0 Å². The second-order valence-corrected chi connectivity index (χ2v) is 5.78. The fourth-order valence-corrected chi connectivity index (χ4v) is 2.24. The lowest BCUT2D eigenvalue weighted by molar-refractivity contribution is 0.515. The molecule has 0 heterocycles. The van der Waals surface area contributed by atoms with Gasteiger partial charge in [-0.2, -0.15) is 0 Å². The summed E-state index contributed by atoms with van der Waals surface area (Å²) in [6, 6.07) is 8.23. The predicted octanol–water partition coefficient (Wildman–Crippen LogP) is 4.47. The molecule has 0 aromatic heterocycles. The number of aliphatic imine (C=N–C) groups is 1. The fraction of sp³-hybridized carbons (Fsp3) is 0.562. The van der Waals surface area contributed by atoms with Crippen molar-refractivity contribution in [1.29, 1.82) is 0 Å². The van der Waals surface area contributed by atoms with Gasteiger partial charge in [-0.25, -0.2) is 0 Å². The largest absolute Gasteiger partial charge is 0.398 e. The van der Waals surface area contributed by atoms with Gasteiger partial charge < -0.3 is 5.73 Å². The minimum absolute atomic E-state index is 0.171. The maximum absolute atomic E-state index is 6.07. The molecule has 0 aliphatic heterocycles. The Balaban J connectivity index is 3.01. The van der Waals surface area contributed by atoms with Crippen LogP contribution in [0.1, 0.15) is 52.6 Å². The SMILES string of the molecule is CC(CC(C)C)=NC(c1ccccc1N)C(C)C. The van der Waals surface area contributed by atoms with Crippen LogP contribution in [0.25, 0.3) is 0 Å². The zero-order valence-electron chi connectivity index (χ0n) is 12.3. The smallest absolute Gasteiger partial charge is 0.0790 e. The van der Waals surface area contributed by atoms with Crippen LogP contribution in [-0.2, 0) is 0 Å². The number of nitrogens with zero attached hydrogens (tertiary/aromatic N) is 1. The summed E-state index contributed by atoms with van der Waals surface area (Å²) < 4.78 is 0. The topological polar surface area (TPSA) is 38.4 Å². The van der Waals surface area contributed by atoms with E-state index in [0.29, 0.717) is 11.8 Å². The molecule has 0 aliphatic rings. The van der Waals surface area contributed by atoms with Gasteiger partial charge >= 0.3 is 0 Å². The van der Waals surface area contributed by atoms with E-state index in [-0.39, 0.29) is 6.04 Å². The van der Waals surface area contributed by atoms with E-state index in [4.69, 9.17) is 10.7 Å². The second kappa shape index (κ2) is 6.58. The number of para-hydroxylation sites is 1. The number of nitrogen functional groups attached to an aromatic ring is 1. The Morgan fingerprint density at radius 1 is 1.17 bits per heavy atom. The summed E-state index contributed by atoms with van der Waals surface area (Å²) in [7, 11) is 0. The third-order valence-electron chi connectivity index (χ3n) is 3.01. The van der Waals surface area contributed by atoms with Gasteiger partial charge in [-0.1, -0.05) is 45.9 Å². The molecular weight excluding hydrogens is 220 g/mol. The van der Waals surface area contributed by atoms with E-state index < -0.39 is 0 Å². The minimum atomic E-state index is 0.171. The van der Waals surface area contributed by atoms with Crippen molar-refractivity contribution in [3.63, 3.8) is 0 Å². The maximum atomic E-state index is 6.07. The highest BCUT2D eigenvalue weighted by molar-refractivity contribution is 5.82. The first-order valence-electron chi connectivity index (χ1n) is 6.79. The molecule has 0 fully saturated rings. The molecule has 2 N–H and O–H groups in total. The van der Waals surface area contributed by atoms with Crippen LogP contribution in [0.15, 0.2) is 29.3 Å². The van der Waals surface area contributed by atoms with Crippen molar-refractivity contribution in [1.82, 2.24) is 0 Å². The molecule has 0 spiro atoms. The summed E-state index contributed by atoms with van der Waals surface area (Å²) in [6.45, 7) is 11.0. The third-order valence-corrected chi connectivity index (χ3v) is 3.01. The summed E-state index contributed by atoms with van der Waals surface area (Å²) in [5.41, 5.74) is 9.28. The van der Waals surface area contributed by atoms with E-state index in [0.717, 1.165) is 17.7 Å². The lowest BCUT2D eigenvalue weighted by atomic mass is 9.94. The molecule has 0 aliphatic carbocycles. The van der Waals surface area contributed by atoms with Gasteiger partial charge in [0, 0.05) is 11.4 Å². The van der Waals surface area contributed by atoms with Gasteiger partial charge in [-0.3, -0.25) is 4.99 Å². The summed E-state index contributed by atoms with van der Waals surface area (Å²) in [5.74, 6) is 1.10. The van der Waals surface area contributed by atoms with Gasteiger partial charge in [0.2, 0.25) is 0 Å². The van der Waals surface area contributed by atoms with Crippen LogP contribution in [-0.4, -0.2) is 5.71 Å². The van der Waals surface area contributed by atoms with Crippen molar-refractivity contribution in [3.05, 3.63) is 29.8 Å². The Bertz CT molecular complexity index is 405. The second-order valence-electron chi connectivity index (χ2n) is 5.78. The highest BCUT2D eigenvalue weighted by Crippen LogP contribution is 2.30. The highest BCUT2D eigenvalue weighted by Gasteiger charge is 2.17. The summed E-state index contributed by atoms with van der Waals surface area (Å²) >= 11 is 0. The van der Waals surface area contributed by atoms with Gasteiger partial charge in [0.15, 0.2) is 0 Å². The molecule has 1 aromatic carbocycles. The third kappa shape index (κ3) is 4.17. The standard InChI is InChI=1S/C16H26N2/c1-11(2)10-13(5)18-16(12(3)4)14-8-6-7-9-15(14)17/h6-9,11-12,16H,10,17H2,1-5H3. The van der Waals surface area contributed by atoms with E-state index in [1.807, 2.05) is 18.2 Å². The molecule has 0 saturated heterocycles. The number of anilines is 1. The summed E-state index contributed by atoms with van der Waals surface area (Å²) in [5, 5.41) is 0. The van der Waals surface area contributed by atoms with Crippen molar-refractivity contribution >= 4 is 11.4 Å². The predicted molar refractivity (Wildman–Crippen MR) is 81.0 cm³/mol. The number of nitrogens with two attached hydrogens (primary N) is 1. The molecule has 1 aromatic rings. The molecule has 100 valence electrons. The van der Waals surface area contributed by atoms with Gasteiger partial charge in [0.25, 0.3) is 0 Å². The van der Waals surface area contributed by atoms with Crippen molar-refractivity contribution in [2.45, 2.75) is 47.1 Å². The van der Waals surface area contributed by atoms with Crippen LogP contribution in [0.4, 0.5) is 5.69 Å². The van der Waals surface area contributed by atoms with Crippen LogP contribution in [0, 0.1) is 11.8 Å².